The number of aromatic carboxylic acids is 1. The smallest absolute Gasteiger partial charge is 0.337 e. The molecule has 1 amide bonds. The number of carboxylic acids is 1. The fraction of sp³-hybridized carbons (Fsp3) is 0.182. The van der Waals surface area contributed by atoms with Gasteiger partial charge in [-0.2, -0.15) is 10.1 Å². The van der Waals surface area contributed by atoms with Crippen LogP contribution in [0.2, 0.25) is 5.02 Å². The fourth-order valence-corrected chi connectivity index (χ4v) is 3.09. The number of nitrogens with zero attached hydrogens (tertiary/aromatic N) is 2. The number of carboxylic acid groups (broad SMARTS) is 1. The van der Waals surface area contributed by atoms with Crippen LogP contribution in [-0.2, 0) is 9.59 Å². The summed E-state index contributed by atoms with van der Waals surface area (Å²) >= 11 is 5.91. The number of rotatable bonds is 6. The van der Waals surface area contributed by atoms with Gasteiger partial charge < -0.3 is 14.6 Å². The van der Waals surface area contributed by atoms with Gasteiger partial charge in [0.05, 0.1) is 34.7 Å². The third-order valence-corrected chi connectivity index (χ3v) is 4.83. The summed E-state index contributed by atoms with van der Waals surface area (Å²) in [6.07, 6.45) is 1.85. The Hall–Kier alpha value is -3.65. The molecule has 3 rings (SSSR count). The molecular formula is C22H19ClN2O6. The first kappa shape index (κ1) is 22.0. The second-order valence-corrected chi connectivity index (χ2v) is 6.97. The van der Waals surface area contributed by atoms with Crippen molar-refractivity contribution in [3.63, 3.8) is 0 Å². The third-order valence-electron chi connectivity index (χ3n) is 4.50. The molecule has 1 heterocycles. The van der Waals surface area contributed by atoms with Gasteiger partial charge in [0, 0.05) is 6.42 Å². The average molecular weight is 443 g/mol. The van der Waals surface area contributed by atoms with Crippen LogP contribution in [0.15, 0.2) is 47.1 Å². The monoisotopic (exact) mass is 442 g/mol. The second-order valence-electron chi connectivity index (χ2n) is 6.57. The van der Waals surface area contributed by atoms with Crippen LogP contribution in [0.1, 0.15) is 36.2 Å². The molecule has 9 heteroatoms. The van der Waals surface area contributed by atoms with E-state index < -0.39 is 17.8 Å². The van der Waals surface area contributed by atoms with Crippen LogP contribution in [0.5, 0.6) is 11.5 Å². The van der Waals surface area contributed by atoms with Crippen molar-refractivity contribution in [3.05, 3.63) is 58.1 Å². The molecule has 1 aliphatic rings. The zero-order valence-corrected chi connectivity index (χ0v) is 17.8. The number of ether oxygens (including phenoxy) is 2. The molecule has 31 heavy (non-hydrogen) atoms. The van der Waals surface area contributed by atoms with Crippen molar-refractivity contribution in [1.82, 2.24) is 0 Å². The Morgan fingerprint density at radius 3 is 2.58 bits per heavy atom. The van der Waals surface area contributed by atoms with Crippen molar-refractivity contribution in [2.45, 2.75) is 20.3 Å². The van der Waals surface area contributed by atoms with Crippen LogP contribution >= 0.6 is 11.6 Å². The predicted molar refractivity (Wildman–Crippen MR) is 116 cm³/mol. The minimum atomic E-state index is -1.20. The zero-order chi connectivity index (χ0) is 22.7. The number of methoxy groups -OCH3 is 1. The van der Waals surface area contributed by atoms with Crippen molar-refractivity contribution in [2.24, 2.45) is 5.10 Å². The van der Waals surface area contributed by atoms with Crippen LogP contribution < -0.4 is 14.5 Å². The van der Waals surface area contributed by atoms with Crippen molar-refractivity contribution in [3.8, 4) is 11.5 Å². The first-order valence-electron chi connectivity index (χ1n) is 9.28. The molecule has 0 radical (unpaired) electrons. The van der Waals surface area contributed by atoms with Gasteiger partial charge in [0.1, 0.15) is 0 Å². The van der Waals surface area contributed by atoms with Gasteiger partial charge in [-0.15, -0.1) is 0 Å². The van der Waals surface area contributed by atoms with Crippen LogP contribution in [0.25, 0.3) is 6.08 Å². The van der Waals surface area contributed by atoms with E-state index in [0.717, 1.165) is 5.01 Å². The SMILES string of the molecule is CCC(=O)Oc1ccc(C=C2C(=O)N(c3ccc(Cl)c(C(=O)O)c3)N=C2C)cc1OC. The number of anilines is 1. The normalized spacial score (nSPS) is 14.6. The van der Waals surface area contributed by atoms with Crippen LogP contribution in [0, 0.1) is 0 Å². The van der Waals surface area contributed by atoms with E-state index in [1.54, 1.807) is 38.1 Å². The molecule has 0 aliphatic carbocycles. The molecular weight excluding hydrogens is 424 g/mol. The highest BCUT2D eigenvalue weighted by molar-refractivity contribution is 6.34. The summed E-state index contributed by atoms with van der Waals surface area (Å²) in [6, 6.07) is 9.12. The summed E-state index contributed by atoms with van der Waals surface area (Å²) in [4.78, 5) is 35.8. The summed E-state index contributed by atoms with van der Waals surface area (Å²) in [7, 11) is 1.45. The van der Waals surface area contributed by atoms with E-state index in [2.05, 4.69) is 5.10 Å². The Kier molecular flexibility index (Phi) is 6.41. The number of hydrazone groups is 1. The average Bonchev–Trinajstić information content (AvgIpc) is 3.03. The summed E-state index contributed by atoms with van der Waals surface area (Å²) in [5.74, 6) is -1.39. The fourth-order valence-electron chi connectivity index (χ4n) is 2.89. The summed E-state index contributed by atoms with van der Waals surface area (Å²) < 4.78 is 10.5. The molecule has 160 valence electrons. The number of hydrogen-bond acceptors (Lipinski definition) is 6. The molecule has 0 bridgehead atoms. The van der Waals surface area contributed by atoms with E-state index in [1.807, 2.05) is 0 Å². The third kappa shape index (κ3) is 4.59. The Morgan fingerprint density at radius 1 is 1.19 bits per heavy atom. The van der Waals surface area contributed by atoms with Crippen molar-refractivity contribution < 1.29 is 29.0 Å². The molecule has 1 aliphatic heterocycles. The predicted octanol–water partition coefficient (Wildman–Crippen LogP) is 4.17. The highest BCUT2D eigenvalue weighted by Crippen LogP contribution is 2.32. The van der Waals surface area contributed by atoms with Crippen LogP contribution in [0.4, 0.5) is 5.69 Å². The van der Waals surface area contributed by atoms with E-state index in [9.17, 15) is 19.5 Å². The lowest BCUT2D eigenvalue weighted by Gasteiger charge is -2.13. The maximum Gasteiger partial charge on any atom is 0.337 e. The van der Waals surface area contributed by atoms with Gasteiger partial charge >= 0.3 is 11.9 Å². The molecule has 0 spiro atoms. The molecule has 0 saturated carbocycles. The minimum absolute atomic E-state index is 0.0651. The maximum atomic E-state index is 13.0. The number of benzene rings is 2. The van der Waals surface area contributed by atoms with E-state index >= 15 is 0 Å². The number of amides is 1. The minimum Gasteiger partial charge on any atom is -0.493 e. The van der Waals surface area contributed by atoms with E-state index in [4.69, 9.17) is 21.1 Å². The lowest BCUT2D eigenvalue weighted by molar-refractivity contribution is -0.134. The lowest BCUT2D eigenvalue weighted by Crippen LogP contribution is -2.21. The summed E-state index contributed by atoms with van der Waals surface area (Å²) in [6.45, 7) is 3.36. The first-order valence-corrected chi connectivity index (χ1v) is 9.66. The zero-order valence-electron chi connectivity index (χ0n) is 17.0. The van der Waals surface area contributed by atoms with Gasteiger partial charge in [0.2, 0.25) is 0 Å². The molecule has 2 aromatic carbocycles. The molecule has 0 unspecified atom stereocenters. The van der Waals surface area contributed by atoms with Crippen LogP contribution in [-0.4, -0.2) is 35.8 Å². The van der Waals surface area contributed by atoms with Gasteiger partial charge in [-0.05, 0) is 48.9 Å². The molecule has 2 aromatic rings. The van der Waals surface area contributed by atoms with E-state index in [-0.39, 0.29) is 28.4 Å². The standard InChI is InChI=1S/C22H19ClN2O6/c1-4-20(26)31-18-8-5-13(10-19(18)30-3)9-15-12(2)24-25(21(15)27)14-6-7-17(23)16(11-14)22(28)29/h5-11H,4H2,1-3H3,(H,28,29). The quantitative estimate of drug-likeness (QED) is 0.409. The summed E-state index contributed by atoms with van der Waals surface area (Å²) in [5, 5.41) is 14.7. The number of halogens is 1. The molecule has 8 nitrogen and oxygen atoms in total. The highest BCUT2D eigenvalue weighted by Gasteiger charge is 2.29. The topological polar surface area (TPSA) is 106 Å². The van der Waals surface area contributed by atoms with Crippen molar-refractivity contribution in [1.29, 1.82) is 0 Å². The molecule has 0 aromatic heterocycles. The molecule has 1 N–H and O–H groups in total. The number of hydrogen-bond donors (Lipinski definition) is 1. The first-order chi connectivity index (χ1) is 14.7. The number of esters is 1. The van der Waals surface area contributed by atoms with Crippen molar-refractivity contribution in [2.75, 3.05) is 12.1 Å². The van der Waals surface area contributed by atoms with Gasteiger partial charge in [0.15, 0.2) is 11.5 Å². The van der Waals surface area contributed by atoms with E-state index in [1.165, 1.54) is 25.3 Å². The van der Waals surface area contributed by atoms with Gasteiger partial charge in [0.25, 0.3) is 5.91 Å². The van der Waals surface area contributed by atoms with Crippen molar-refractivity contribution >= 4 is 46.9 Å². The molecule has 0 saturated heterocycles. The van der Waals surface area contributed by atoms with Crippen LogP contribution in [0.3, 0.4) is 0 Å². The van der Waals surface area contributed by atoms with Gasteiger partial charge in [-0.3, -0.25) is 9.59 Å². The Bertz CT molecular complexity index is 1140. The number of carbonyl (C=O) groups is 3. The van der Waals surface area contributed by atoms with E-state index in [0.29, 0.717) is 22.6 Å². The highest BCUT2D eigenvalue weighted by atomic mass is 35.5. The Balaban J connectivity index is 1.92. The molecule has 0 atom stereocenters. The lowest BCUT2D eigenvalue weighted by atomic mass is 10.1. The second kappa shape index (κ2) is 9.01. The molecule has 0 fully saturated rings. The Morgan fingerprint density at radius 2 is 1.94 bits per heavy atom. The van der Waals surface area contributed by atoms with Gasteiger partial charge in [-0.25, -0.2) is 4.79 Å². The Labute approximate surface area is 183 Å². The summed E-state index contributed by atoms with van der Waals surface area (Å²) in [5.41, 5.74) is 1.58. The number of carbonyl (C=O) groups excluding carboxylic acids is 2. The van der Waals surface area contributed by atoms with Gasteiger partial charge in [-0.1, -0.05) is 24.6 Å². The maximum absolute atomic E-state index is 13.0. The largest absolute Gasteiger partial charge is 0.493 e.